The van der Waals surface area contributed by atoms with Crippen LogP contribution in [-0.4, -0.2) is 22.6 Å². The molecular weight excluding hydrogens is 353 g/mol. The van der Waals surface area contributed by atoms with Crippen molar-refractivity contribution < 1.29 is 18.0 Å². The zero-order chi connectivity index (χ0) is 20.2. The molecule has 3 nitrogen and oxygen atoms in total. The number of rotatable bonds is 2. The van der Waals surface area contributed by atoms with Gasteiger partial charge in [-0.05, 0) is 47.2 Å². The second-order valence-electron chi connectivity index (χ2n) is 8.88. The molecule has 1 unspecified atom stereocenters. The Hall–Kier alpha value is -2.08. The van der Waals surface area contributed by atoms with E-state index < -0.39 is 23.7 Å². The number of alkyl halides is 3. The molecule has 146 valence electrons. The van der Waals surface area contributed by atoms with Gasteiger partial charge in [-0.1, -0.05) is 51.1 Å². The number of amides is 1. The number of hydrogen-bond acceptors (Lipinski definition) is 2. The number of hydrazine groups is 1. The summed E-state index contributed by atoms with van der Waals surface area (Å²) < 4.78 is 42.5. The van der Waals surface area contributed by atoms with Crippen LogP contribution in [0.1, 0.15) is 58.2 Å². The normalized spacial score (nSPS) is 19.3. The van der Waals surface area contributed by atoms with Gasteiger partial charge in [0.1, 0.15) is 0 Å². The van der Waals surface area contributed by atoms with Gasteiger partial charge in [0.2, 0.25) is 5.91 Å². The third-order valence-corrected chi connectivity index (χ3v) is 5.07. The van der Waals surface area contributed by atoms with Crippen LogP contribution in [-0.2, 0) is 10.2 Å². The van der Waals surface area contributed by atoms with Crippen LogP contribution >= 0.6 is 0 Å². The molecule has 1 saturated heterocycles. The molecule has 6 heteroatoms. The Balaban J connectivity index is 2.25. The molecule has 1 aliphatic rings. The summed E-state index contributed by atoms with van der Waals surface area (Å²) in [5.41, 5.74) is 2.16. The average Bonchev–Trinajstić information content (AvgIpc) is 2.76. The number of carbonyl (C=O) groups excluding carboxylic acids is 1. The van der Waals surface area contributed by atoms with Gasteiger partial charge in [-0.25, -0.2) is 0 Å². The summed E-state index contributed by atoms with van der Waals surface area (Å²) in [7, 11) is 0. The lowest BCUT2D eigenvalue weighted by atomic mass is 9.81. The van der Waals surface area contributed by atoms with E-state index >= 15 is 0 Å². The van der Waals surface area contributed by atoms with Crippen molar-refractivity contribution >= 4 is 16.7 Å². The molecule has 2 aromatic rings. The predicted octanol–water partition coefficient (Wildman–Crippen LogP) is 5.26. The number of halogens is 3. The van der Waals surface area contributed by atoms with E-state index in [1.165, 1.54) is 0 Å². The maximum atomic E-state index is 14.2. The van der Waals surface area contributed by atoms with Gasteiger partial charge < -0.3 is 0 Å². The van der Waals surface area contributed by atoms with E-state index in [1.807, 2.05) is 45.0 Å². The lowest BCUT2D eigenvalue weighted by molar-refractivity contribution is -0.203. The van der Waals surface area contributed by atoms with E-state index in [1.54, 1.807) is 26.0 Å². The number of hydrogen-bond donors (Lipinski definition) is 1. The summed E-state index contributed by atoms with van der Waals surface area (Å²) in [6, 6.07) is 8.79. The van der Waals surface area contributed by atoms with Crippen LogP contribution in [0.2, 0.25) is 0 Å². The van der Waals surface area contributed by atoms with E-state index in [0.29, 0.717) is 0 Å². The predicted molar refractivity (Wildman–Crippen MR) is 100 cm³/mol. The summed E-state index contributed by atoms with van der Waals surface area (Å²) in [6.07, 6.45) is -4.51. The number of nitrogens with one attached hydrogen (secondary N) is 1. The van der Waals surface area contributed by atoms with Crippen LogP contribution in [0.5, 0.6) is 0 Å². The van der Waals surface area contributed by atoms with Crippen LogP contribution < -0.4 is 5.43 Å². The molecular formula is C21H25F3N2O. The third-order valence-electron chi connectivity index (χ3n) is 5.07. The Morgan fingerprint density at radius 1 is 1.11 bits per heavy atom. The fraction of sp³-hybridized carbons (Fsp3) is 0.476. The molecule has 1 fully saturated rings. The van der Waals surface area contributed by atoms with E-state index in [2.05, 4.69) is 5.43 Å². The van der Waals surface area contributed by atoms with Crippen molar-refractivity contribution in [3.8, 4) is 0 Å². The summed E-state index contributed by atoms with van der Waals surface area (Å²) in [6.45, 7) is 9.26. The lowest BCUT2D eigenvalue weighted by Crippen LogP contribution is -2.51. The molecule has 27 heavy (non-hydrogen) atoms. The number of carbonyl (C=O) groups is 1. The maximum absolute atomic E-state index is 14.2. The van der Waals surface area contributed by atoms with Crippen molar-refractivity contribution in [2.24, 2.45) is 0 Å². The first-order valence-electron chi connectivity index (χ1n) is 8.99. The van der Waals surface area contributed by atoms with Crippen LogP contribution in [0, 0.1) is 0 Å². The van der Waals surface area contributed by atoms with Crippen molar-refractivity contribution in [1.82, 2.24) is 10.4 Å². The van der Waals surface area contributed by atoms with E-state index in [-0.39, 0.29) is 17.4 Å². The molecule has 0 saturated carbocycles. The Morgan fingerprint density at radius 2 is 1.74 bits per heavy atom. The van der Waals surface area contributed by atoms with Crippen molar-refractivity contribution in [1.29, 1.82) is 0 Å². The minimum Gasteiger partial charge on any atom is -0.287 e. The lowest BCUT2D eigenvalue weighted by Gasteiger charge is -2.38. The molecule has 1 atom stereocenters. The smallest absolute Gasteiger partial charge is 0.287 e. The molecule has 0 aromatic heterocycles. The summed E-state index contributed by atoms with van der Waals surface area (Å²) >= 11 is 0. The van der Waals surface area contributed by atoms with Crippen molar-refractivity contribution in [2.75, 3.05) is 0 Å². The topological polar surface area (TPSA) is 32.3 Å². The van der Waals surface area contributed by atoms with Crippen molar-refractivity contribution in [3.63, 3.8) is 0 Å². The summed E-state index contributed by atoms with van der Waals surface area (Å²) in [5.74, 6) is -0.397. The Kier molecular flexibility index (Phi) is 4.54. The Bertz CT molecular complexity index is 881. The molecule has 0 radical (unpaired) electrons. The van der Waals surface area contributed by atoms with Gasteiger partial charge in [0.25, 0.3) is 0 Å². The van der Waals surface area contributed by atoms with Gasteiger partial charge >= 0.3 is 6.18 Å². The van der Waals surface area contributed by atoms with E-state index in [4.69, 9.17) is 0 Å². The van der Waals surface area contributed by atoms with Gasteiger partial charge in [-0.3, -0.25) is 10.2 Å². The highest BCUT2D eigenvalue weighted by atomic mass is 19.4. The average molecular weight is 378 g/mol. The molecule has 1 amide bonds. The largest absolute Gasteiger partial charge is 0.409 e. The van der Waals surface area contributed by atoms with Gasteiger partial charge in [0.05, 0.1) is 0 Å². The van der Waals surface area contributed by atoms with Gasteiger partial charge in [-0.15, -0.1) is 0 Å². The summed E-state index contributed by atoms with van der Waals surface area (Å²) in [5, 5.41) is 2.77. The Morgan fingerprint density at radius 3 is 2.26 bits per heavy atom. The molecule has 3 rings (SSSR count). The molecule has 2 aromatic carbocycles. The number of nitrogens with zero attached hydrogens (tertiary/aromatic N) is 1. The Labute approximate surface area is 157 Å². The number of benzene rings is 2. The fourth-order valence-corrected chi connectivity index (χ4v) is 3.81. The standard InChI is InChI=1S/C21H25F3N2O/c1-19(2,3)16-11-14(10-13-8-6-7-9-15(13)16)18(21(22,23)24)26-20(4,5)12-17(27)25-26/h6-11,18H,12H2,1-5H3,(H,25,27). The number of fused-ring (bicyclic) bond motifs is 1. The first-order valence-corrected chi connectivity index (χ1v) is 8.99. The quantitative estimate of drug-likeness (QED) is 0.773. The third kappa shape index (κ3) is 3.68. The molecule has 1 heterocycles. The van der Waals surface area contributed by atoms with Crippen molar-refractivity contribution in [2.45, 2.75) is 64.2 Å². The van der Waals surface area contributed by atoms with Crippen LogP contribution in [0.3, 0.4) is 0 Å². The fourth-order valence-electron chi connectivity index (χ4n) is 3.81. The maximum Gasteiger partial charge on any atom is 0.409 e. The van der Waals surface area contributed by atoms with Crippen molar-refractivity contribution in [3.05, 3.63) is 47.5 Å². The highest BCUT2D eigenvalue weighted by molar-refractivity contribution is 5.87. The summed E-state index contributed by atoms with van der Waals surface area (Å²) in [4.78, 5) is 11.9. The molecule has 0 bridgehead atoms. The molecule has 1 N–H and O–H groups in total. The van der Waals surface area contributed by atoms with Crippen LogP contribution in [0.4, 0.5) is 13.2 Å². The zero-order valence-corrected chi connectivity index (χ0v) is 16.2. The molecule has 0 aliphatic carbocycles. The van der Waals surface area contributed by atoms with Gasteiger partial charge in [0, 0.05) is 12.0 Å². The SMILES string of the molecule is CC(C)(C)c1cc(C(N2NC(=O)CC2(C)C)C(F)(F)F)cc2ccccc12. The first kappa shape index (κ1) is 19.7. The van der Waals surface area contributed by atoms with Crippen LogP contribution in [0.25, 0.3) is 10.8 Å². The minimum absolute atomic E-state index is 0.0271. The van der Waals surface area contributed by atoms with E-state index in [9.17, 15) is 18.0 Å². The van der Waals surface area contributed by atoms with Gasteiger partial charge in [-0.2, -0.15) is 18.2 Å². The molecule has 0 spiro atoms. The monoisotopic (exact) mass is 378 g/mol. The van der Waals surface area contributed by atoms with Crippen LogP contribution in [0.15, 0.2) is 36.4 Å². The second-order valence-corrected chi connectivity index (χ2v) is 8.88. The highest BCUT2D eigenvalue weighted by Gasteiger charge is 2.53. The van der Waals surface area contributed by atoms with E-state index in [0.717, 1.165) is 21.3 Å². The molecule has 1 aliphatic heterocycles. The minimum atomic E-state index is -4.54. The highest BCUT2D eigenvalue weighted by Crippen LogP contribution is 2.44. The van der Waals surface area contributed by atoms with Gasteiger partial charge in [0.15, 0.2) is 6.04 Å². The first-order chi connectivity index (χ1) is 12.3. The zero-order valence-electron chi connectivity index (χ0n) is 16.2. The second kappa shape index (κ2) is 6.23.